The molecule has 0 aromatic carbocycles. The molecule has 2 heterocycles. The van der Waals surface area contributed by atoms with Gasteiger partial charge in [0.25, 0.3) is 5.91 Å². The molecule has 0 bridgehead atoms. The highest BCUT2D eigenvalue weighted by Gasteiger charge is 2.20. The molecule has 0 atom stereocenters. The van der Waals surface area contributed by atoms with E-state index in [1.165, 1.54) is 23.0 Å². The Kier molecular flexibility index (Phi) is 6.13. The van der Waals surface area contributed by atoms with Crippen LogP contribution in [0.4, 0.5) is 10.8 Å². The molecule has 6 nitrogen and oxygen atoms in total. The van der Waals surface area contributed by atoms with E-state index in [0.29, 0.717) is 11.4 Å². The van der Waals surface area contributed by atoms with Gasteiger partial charge in [0.05, 0.1) is 0 Å². The molecule has 118 valence electrons. The Bertz CT molecular complexity index is 471. The first-order valence-electron chi connectivity index (χ1n) is 7.18. The molecule has 1 fully saturated rings. The second-order valence-corrected chi connectivity index (χ2v) is 7.28. The van der Waals surface area contributed by atoms with Gasteiger partial charge in [0.15, 0.2) is 5.82 Å². The number of nitrogens with one attached hydrogen (secondary N) is 2. The van der Waals surface area contributed by atoms with Gasteiger partial charge in [-0.3, -0.25) is 9.69 Å². The molecule has 1 saturated heterocycles. The average Bonchev–Trinajstić information content (AvgIpc) is 2.80. The number of carbonyl (C=O) groups is 1. The Labute approximate surface area is 134 Å². The lowest BCUT2D eigenvalue weighted by molar-refractivity contribution is 0.0945. The monoisotopic (exact) mass is 329 g/mol. The average molecular weight is 329 g/mol. The van der Waals surface area contributed by atoms with Crippen molar-refractivity contribution in [3.8, 4) is 0 Å². The van der Waals surface area contributed by atoms with Crippen LogP contribution in [0.5, 0.6) is 0 Å². The van der Waals surface area contributed by atoms with Crippen molar-refractivity contribution in [3.05, 3.63) is 5.56 Å². The van der Waals surface area contributed by atoms with Gasteiger partial charge in [0, 0.05) is 43.7 Å². The van der Waals surface area contributed by atoms with Crippen LogP contribution in [0.1, 0.15) is 24.2 Å². The maximum absolute atomic E-state index is 12.1. The minimum atomic E-state index is -0.159. The lowest BCUT2D eigenvalue weighted by Gasteiger charge is -2.26. The third kappa shape index (κ3) is 4.76. The number of rotatable bonds is 6. The zero-order chi connectivity index (χ0) is 15.2. The predicted octanol–water partition coefficient (Wildman–Crippen LogP) is 1.32. The molecular weight excluding hydrogens is 306 g/mol. The van der Waals surface area contributed by atoms with E-state index in [0.717, 1.165) is 31.2 Å². The molecule has 0 aliphatic carbocycles. The summed E-state index contributed by atoms with van der Waals surface area (Å²) in [5.41, 5.74) is 6.29. The number of carbonyl (C=O) groups excluding carboxylic acids is 1. The van der Waals surface area contributed by atoms with Crippen LogP contribution in [0.25, 0.3) is 0 Å². The van der Waals surface area contributed by atoms with E-state index in [-0.39, 0.29) is 11.9 Å². The van der Waals surface area contributed by atoms with Gasteiger partial charge in [-0.2, -0.15) is 16.1 Å². The van der Waals surface area contributed by atoms with Crippen molar-refractivity contribution in [2.45, 2.75) is 19.9 Å². The zero-order valence-electron chi connectivity index (χ0n) is 12.5. The minimum Gasteiger partial charge on any atom is -0.382 e. The summed E-state index contributed by atoms with van der Waals surface area (Å²) < 4.78 is 4.09. The van der Waals surface area contributed by atoms with Gasteiger partial charge >= 0.3 is 0 Å². The van der Waals surface area contributed by atoms with Crippen molar-refractivity contribution in [2.75, 3.05) is 48.7 Å². The third-order valence-electron chi connectivity index (χ3n) is 3.18. The predicted molar refractivity (Wildman–Crippen MR) is 91.4 cm³/mol. The molecule has 0 spiro atoms. The summed E-state index contributed by atoms with van der Waals surface area (Å²) in [6.45, 7) is 7.90. The summed E-state index contributed by atoms with van der Waals surface area (Å²) >= 11 is 3.25. The van der Waals surface area contributed by atoms with E-state index >= 15 is 0 Å². The van der Waals surface area contributed by atoms with Crippen LogP contribution in [-0.4, -0.2) is 58.9 Å². The van der Waals surface area contributed by atoms with E-state index in [2.05, 4.69) is 19.9 Å². The second kappa shape index (κ2) is 7.86. The fourth-order valence-electron chi connectivity index (χ4n) is 2.13. The van der Waals surface area contributed by atoms with Crippen molar-refractivity contribution >= 4 is 40.0 Å². The molecule has 0 unspecified atom stereocenters. The smallest absolute Gasteiger partial charge is 0.258 e. The van der Waals surface area contributed by atoms with Crippen LogP contribution in [0.3, 0.4) is 0 Å². The summed E-state index contributed by atoms with van der Waals surface area (Å²) in [5.74, 6) is 2.55. The molecule has 1 aliphatic heterocycles. The highest BCUT2D eigenvalue weighted by Crippen LogP contribution is 2.26. The SMILES string of the molecule is CC(C)NC(=O)c1c(N)nsc1NCCN1CCSCC1. The molecule has 2 rings (SSSR count). The molecule has 4 N–H and O–H groups in total. The summed E-state index contributed by atoms with van der Waals surface area (Å²) in [6.07, 6.45) is 0. The van der Waals surface area contributed by atoms with Crippen LogP contribution >= 0.6 is 23.3 Å². The molecule has 0 saturated carbocycles. The Morgan fingerprint density at radius 2 is 2.14 bits per heavy atom. The van der Waals surface area contributed by atoms with Gasteiger partial charge in [-0.15, -0.1) is 0 Å². The van der Waals surface area contributed by atoms with Crippen LogP contribution in [0.15, 0.2) is 0 Å². The summed E-state index contributed by atoms with van der Waals surface area (Å²) in [5, 5.41) is 6.92. The number of hydrogen-bond acceptors (Lipinski definition) is 7. The fourth-order valence-corrected chi connectivity index (χ4v) is 3.84. The topological polar surface area (TPSA) is 83.3 Å². The first kappa shape index (κ1) is 16.4. The van der Waals surface area contributed by atoms with E-state index in [1.54, 1.807) is 0 Å². The number of anilines is 2. The quantitative estimate of drug-likeness (QED) is 0.730. The van der Waals surface area contributed by atoms with Gasteiger partial charge in [0.1, 0.15) is 10.6 Å². The maximum Gasteiger partial charge on any atom is 0.258 e. The number of amides is 1. The largest absolute Gasteiger partial charge is 0.382 e. The first-order chi connectivity index (χ1) is 10.1. The van der Waals surface area contributed by atoms with Crippen LogP contribution in [0.2, 0.25) is 0 Å². The number of nitrogens with two attached hydrogens (primary N) is 1. The lowest BCUT2D eigenvalue weighted by atomic mass is 10.2. The zero-order valence-corrected chi connectivity index (χ0v) is 14.1. The number of nitrogens with zero attached hydrogens (tertiary/aromatic N) is 2. The third-order valence-corrected chi connectivity index (χ3v) is 4.94. The van der Waals surface area contributed by atoms with Gasteiger partial charge in [-0.05, 0) is 25.4 Å². The van der Waals surface area contributed by atoms with Gasteiger partial charge in [-0.1, -0.05) is 0 Å². The van der Waals surface area contributed by atoms with Crippen molar-refractivity contribution in [2.24, 2.45) is 0 Å². The van der Waals surface area contributed by atoms with Crippen molar-refractivity contribution in [1.82, 2.24) is 14.6 Å². The Hall–Kier alpha value is -0.990. The summed E-state index contributed by atoms with van der Waals surface area (Å²) in [7, 11) is 0. The number of aromatic nitrogens is 1. The lowest BCUT2D eigenvalue weighted by Crippen LogP contribution is -2.36. The number of thioether (sulfide) groups is 1. The van der Waals surface area contributed by atoms with Crippen molar-refractivity contribution < 1.29 is 4.79 Å². The van der Waals surface area contributed by atoms with Gasteiger partial charge in [-0.25, -0.2) is 0 Å². The van der Waals surface area contributed by atoms with E-state index in [9.17, 15) is 4.79 Å². The van der Waals surface area contributed by atoms with Crippen molar-refractivity contribution in [3.63, 3.8) is 0 Å². The normalized spacial score (nSPS) is 16.1. The molecule has 1 aromatic rings. The van der Waals surface area contributed by atoms with E-state index in [4.69, 9.17) is 5.73 Å². The van der Waals surface area contributed by atoms with Crippen molar-refractivity contribution in [1.29, 1.82) is 0 Å². The standard InChI is InChI=1S/C13H23N5OS2/c1-9(2)16-12(19)10-11(14)17-21-13(10)15-3-4-18-5-7-20-8-6-18/h9,15H,3-8H2,1-2H3,(H2,14,17)(H,16,19). The molecule has 1 amide bonds. The molecule has 1 aromatic heterocycles. The molecule has 8 heteroatoms. The molecule has 21 heavy (non-hydrogen) atoms. The molecule has 1 aliphatic rings. The first-order valence-corrected chi connectivity index (χ1v) is 9.10. The fraction of sp³-hybridized carbons (Fsp3) is 0.692. The van der Waals surface area contributed by atoms with Gasteiger partial charge < -0.3 is 16.4 Å². The highest BCUT2D eigenvalue weighted by molar-refractivity contribution is 7.99. The van der Waals surface area contributed by atoms with Crippen LogP contribution in [-0.2, 0) is 0 Å². The summed E-state index contributed by atoms with van der Waals surface area (Å²) in [4.78, 5) is 14.6. The Balaban J connectivity index is 1.89. The minimum absolute atomic E-state index is 0.0792. The van der Waals surface area contributed by atoms with Crippen LogP contribution < -0.4 is 16.4 Å². The number of nitrogen functional groups attached to an aromatic ring is 1. The van der Waals surface area contributed by atoms with E-state index < -0.39 is 0 Å². The summed E-state index contributed by atoms with van der Waals surface area (Å²) in [6, 6.07) is 0.0792. The second-order valence-electron chi connectivity index (χ2n) is 5.28. The highest BCUT2D eigenvalue weighted by atomic mass is 32.2. The van der Waals surface area contributed by atoms with Crippen LogP contribution in [0, 0.1) is 0 Å². The Morgan fingerprint density at radius 1 is 1.43 bits per heavy atom. The maximum atomic E-state index is 12.1. The van der Waals surface area contributed by atoms with Gasteiger partial charge in [0.2, 0.25) is 0 Å². The molecular formula is C13H23N5OS2. The Morgan fingerprint density at radius 3 is 2.81 bits per heavy atom. The number of hydrogen-bond donors (Lipinski definition) is 3. The van der Waals surface area contributed by atoms with E-state index in [1.807, 2.05) is 25.6 Å². The molecule has 0 radical (unpaired) electrons.